The molecule has 0 spiro atoms. The van der Waals surface area contributed by atoms with E-state index in [0.717, 1.165) is 31.4 Å². The Labute approximate surface area is 144 Å². The van der Waals surface area contributed by atoms with Crippen molar-refractivity contribution >= 4 is 5.91 Å². The van der Waals surface area contributed by atoms with Crippen LogP contribution in [-0.4, -0.2) is 23.9 Å². The third-order valence-corrected chi connectivity index (χ3v) is 4.59. The number of benzene rings is 2. The summed E-state index contributed by atoms with van der Waals surface area (Å²) in [5, 5.41) is 3.16. The van der Waals surface area contributed by atoms with Crippen molar-refractivity contribution in [3.8, 4) is 0 Å². The van der Waals surface area contributed by atoms with Crippen LogP contribution in [0.5, 0.6) is 0 Å². The van der Waals surface area contributed by atoms with Gasteiger partial charge in [-0.05, 0) is 43.0 Å². The van der Waals surface area contributed by atoms with Gasteiger partial charge in [0, 0.05) is 12.6 Å². The normalized spacial score (nSPS) is 15.3. The van der Waals surface area contributed by atoms with Crippen LogP contribution in [0.25, 0.3) is 0 Å². The Hall–Kier alpha value is -2.13. The van der Waals surface area contributed by atoms with Gasteiger partial charge in [-0.15, -0.1) is 0 Å². The minimum atomic E-state index is -0.252. The number of nitrogens with zero attached hydrogens (tertiary/aromatic N) is 1. The lowest BCUT2D eigenvalue weighted by Gasteiger charge is -2.27. The van der Waals surface area contributed by atoms with Crippen molar-refractivity contribution in [3.05, 3.63) is 71.3 Å². The van der Waals surface area contributed by atoms with E-state index in [-0.39, 0.29) is 11.9 Å². The summed E-state index contributed by atoms with van der Waals surface area (Å²) in [5.74, 6) is 0.108. The van der Waals surface area contributed by atoms with Gasteiger partial charge in [-0.3, -0.25) is 9.69 Å². The summed E-state index contributed by atoms with van der Waals surface area (Å²) in [6.45, 7) is 2.91. The first kappa shape index (κ1) is 16.7. The third-order valence-electron chi connectivity index (χ3n) is 4.59. The number of carbonyl (C=O) groups is 1. The molecule has 1 amide bonds. The zero-order valence-electron chi connectivity index (χ0n) is 14.5. The Balaban J connectivity index is 1.76. The summed E-state index contributed by atoms with van der Waals surface area (Å²) in [4.78, 5) is 14.9. The van der Waals surface area contributed by atoms with Gasteiger partial charge in [-0.2, -0.15) is 0 Å². The van der Waals surface area contributed by atoms with Crippen molar-refractivity contribution in [1.82, 2.24) is 10.2 Å². The SMILES string of the molecule is CCc1ccc(CN(C)[C@H](C(=O)NC2CC2)c2ccccc2)cc1. The maximum absolute atomic E-state index is 12.8. The van der Waals surface area contributed by atoms with Gasteiger partial charge < -0.3 is 5.32 Å². The zero-order chi connectivity index (χ0) is 16.9. The Kier molecular flexibility index (Phi) is 5.31. The summed E-state index contributed by atoms with van der Waals surface area (Å²) in [5.41, 5.74) is 3.62. The van der Waals surface area contributed by atoms with Gasteiger partial charge in [0.2, 0.25) is 5.91 Å². The van der Waals surface area contributed by atoms with Gasteiger partial charge in [0.1, 0.15) is 6.04 Å². The summed E-state index contributed by atoms with van der Waals surface area (Å²) in [7, 11) is 2.03. The largest absolute Gasteiger partial charge is 0.352 e. The standard InChI is InChI=1S/C21H26N2O/c1-3-16-9-11-17(12-10-16)15-23(2)20(18-7-5-4-6-8-18)21(24)22-19-13-14-19/h4-12,19-20H,3,13-15H2,1-2H3,(H,22,24)/t20-/m0/s1. The highest BCUT2D eigenvalue weighted by Crippen LogP contribution is 2.25. The fraction of sp³-hybridized carbons (Fsp3) is 0.381. The molecule has 3 rings (SSSR count). The Morgan fingerprint density at radius 2 is 1.71 bits per heavy atom. The molecule has 0 heterocycles. The number of likely N-dealkylation sites (N-methyl/N-ethyl adjacent to an activating group) is 1. The van der Waals surface area contributed by atoms with E-state index in [1.165, 1.54) is 11.1 Å². The summed E-state index contributed by atoms with van der Waals surface area (Å²) in [6, 6.07) is 18.8. The van der Waals surface area contributed by atoms with E-state index in [1.807, 2.05) is 37.4 Å². The maximum Gasteiger partial charge on any atom is 0.242 e. The topological polar surface area (TPSA) is 32.3 Å². The predicted octanol–water partition coefficient (Wildman–Crippen LogP) is 3.70. The second-order valence-corrected chi connectivity index (χ2v) is 6.68. The Bertz CT molecular complexity index is 662. The summed E-state index contributed by atoms with van der Waals surface area (Å²) < 4.78 is 0. The number of hydrogen-bond acceptors (Lipinski definition) is 2. The van der Waals surface area contributed by atoms with Crippen LogP contribution in [-0.2, 0) is 17.8 Å². The lowest BCUT2D eigenvalue weighted by Crippen LogP contribution is -2.39. The molecule has 1 aliphatic rings. The van der Waals surface area contributed by atoms with Crippen LogP contribution in [0.15, 0.2) is 54.6 Å². The second-order valence-electron chi connectivity index (χ2n) is 6.68. The second kappa shape index (κ2) is 7.63. The van der Waals surface area contributed by atoms with E-state index >= 15 is 0 Å². The van der Waals surface area contributed by atoms with E-state index in [4.69, 9.17) is 0 Å². The number of aryl methyl sites for hydroxylation is 1. The maximum atomic E-state index is 12.8. The molecule has 2 aromatic rings. The van der Waals surface area contributed by atoms with E-state index < -0.39 is 0 Å². The minimum absolute atomic E-state index is 0.108. The van der Waals surface area contributed by atoms with Gasteiger partial charge in [0.05, 0.1) is 0 Å². The van der Waals surface area contributed by atoms with Crippen molar-refractivity contribution in [3.63, 3.8) is 0 Å². The van der Waals surface area contributed by atoms with Crippen LogP contribution < -0.4 is 5.32 Å². The highest BCUT2D eigenvalue weighted by atomic mass is 16.2. The van der Waals surface area contributed by atoms with Gasteiger partial charge in [0.25, 0.3) is 0 Å². The smallest absolute Gasteiger partial charge is 0.242 e. The Morgan fingerprint density at radius 3 is 2.29 bits per heavy atom. The molecular formula is C21H26N2O. The molecule has 0 saturated heterocycles. The fourth-order valence-corrected chi connectivity index (χ4v) is 3.01. The van der Waals surface area contributed by atoms with Crippen molar-refractivity contribution in [2.24, 2.45) is 0 Å². The lowest BCUT2D eigenvalue weighted by atomic mass is 10.0. The van der Waals surface area contributed by atoms with E-state index in [9.17, 15) is 4.79 Å². The molecule has 0 aromatic heterocycles. The first-order valence-electron chi connectivity index (χ1n) is 8.80. The van der Waals surface area contributed by atoms with Gasteiger partial charge in [-0.1, -0.05) is 61.5 Å². The number of amides is 1. The van der Waals surface area contributed by atoms with E-state index in [0.29, 0.717) is 6.04 Å². The molecule has 1 N–H and O–H groups in total. The van der Waals surface area contributed by atoms with Crippen molar-refractivity contribution in [2.75, 3.05) is 7.05 Å². The van der Waals surface area contributed by atoms with Crippen LogP contribution in [0, 0.1) is 0 Å². The first-order chi connectivity index (χ1) is 11.7. The van der Waals surface area contributed by atoms with Crippen molar-refractivity contribution in [2.45, 2.75) is 44.8 Å². The number of hydrogen-bond donors (Lipinski definition) is 1. The molecule has 24 heavy (non-hydrogen) atoms. The number of carbonyl (C=O) groups excluding carboxylic acids is 1. The highest BCUT2D eigenvalue weighted by molar-refractivity contribution is 5.83. The first-order valence-corrected chi connectivity index (χ1v) is 8.80. The number of nitrogens with one attached hydrogen (secondary N) is 1. The predicted molar refractivity (Wildman–Crippen MR) is 97.6 cm³/mol. The lowest BCUT2D eigenvalue weighted by molar-refractivity contribution is -0.126. The molecular weight excluding hydrogens is 296 g/mol. The molecule has 0 aliphatic heterocycles. The molecule has 1 saturated carbocycles. The number of rotatable bonds is 7. The average Bonchev–Trinajstić information content (AvgIpc) is 3.40. The molecule has 1 aliphatic carbocycles. The van der Waals surface area contributed by atoms with Gasteiger partial charge >= 0.3 is 0 Å². The van der Waals surface area contributed by atoms with Crippen LogP contribution in [0.3, 0.4) is 0 Å². The van der Waals surface area contributed by atoms with Crippen LogP contribution in [0.1, 0.15) is 42.5 Å². The summed E-state index contributed by atoms with van der Waals surface area (Å²) in [6.07, 6.45) is 3.26. The molecule has 126 valence electrons. The van der Waals surface area contributed by atoms with Gasteiger partial charge in [-0.25, -0.2) is 0 Å². The highest BCUT2D eigenvalue weighted by Gasteiger charge is 2.30. The molecule has 0 unspecified atom stereocenters. The van der Waals surface area contributed by atoms with Crippen LogP contribution in [0.4, 0.5) is 0 Å². The van der Waals surface area contributed by atoms with E-state index in [1.54, 1.807) is 0 Å². The summed E-state index contributed by atoms with van der Waals surface area (Å²) >= 11 is 0. The van der Waals surface area contributed by atoms with Crippen LogP contribution >= 0.6 is 0 Å². The molecule has 0 radical (unpaired) electrons. The quantitative estimate of drug-likeness (QED) is 0.843. The minimum Gasteiger partial charge on any atom is -0.352 e. The van der Waals surface area contributed by atoms with Gasteiger partial charge in [0.15, 0.2) is 0 Å². The third kappa shape index (κ3) is 4.24. The molecule has 1 fully saturated rings. The molecule has 3 heteroatoms. The van der Waals surface area contributed by atoms with Crippen molar-refractivity contribution < 1.29 is 4.79 Å². The Morgan fingerprint density at radius 1 is 1.08 bits per heavy atom. The monoisotopic (exact) mass is 322 g/mol. The zero-order valence-corrected chi connectivity index (χ0v) is 14.5. The molecule has 1 atom stereocenters. The average molecular weight is 322 g/mol. The fourth-order valence-electron chi connectivity index (χ4n) is 3.01. The van der Waals surface area contributed by atoms with E-state index in [2.05, 4.69) is 41.4 Å². The molecule has 3 nitrogen and oxygen atoms in total. The van der Waals surface area contributed by atoms with Crippen molar-refractivity contribution in [1.29, 1.82) is 0 Å². The molecule has 2 aromatic carbocycles. The van der Waals surface area contributed by atoms with Crippen LogP contribution in [0.2, 0.25) is 0 Å². The molecule has 0 bridgehead atoms.